The molecule has 0 heterocycles. The zero-order chi connectivity index (χ0) is 34.1. The van der Waals surface area contributed by atoms with Gasteiger partial charge in [-0.2, -0.15) is 0 Å². The smallest absolute Gasteiger partial charge is 0.303 e. The molecule has 0 saturated heterocycles. The van der Waals surface area contributed by atoms with Crippen LogP contribution in [0.4, 0.5) is 0 Å². The Morgan fingerprint density at radius 2 is 0.587 bits per heavy atom. The molecule has 0 spiro atoms. The van der Waals surface area contributed by atoms with Crippen LogP contribution in [0.25, 0.3) is 0 Å². The minimum atomic E-state index is -0.990. The monoisotopic (exact) mass is 653 g/mol. The summed E-state index contributed by atoms with van der Waals surface area (Å²) in [6.07, 6.45) is 29.0. The maximum absolute atomic E-state index is 12.9. The molecule has 270 valence electrons. The van der Waals surface area contributed by atoms with Gasteiger partial charge in [0.2, 0.25) is 11.8 Å². The number of carbonyl (C=O) groups excluding carboxylic acids is 2. The molecule has 8 heteroatoms. The fraction of sp³-hybridized carbons (Fsp3) is 0.895. The number of hydrogen-bond acceptors (Lipinski definition) is 4. The normalized spacial score (nSPS) is 11.1. The Morgan fingerprint density at radius 1 is 0.348 bits per heavy atom. The van der Waals surface area contributed by atoms with E-state index in [1.54, 1.807) is 9.80 Å². The predicted molar refractivity (Wildman–Crippen MR) is 189 cm³/mol. The van der Waals surface area contributed by atoms with Crippen LogP contribution in [-0.4, -0.2) is 69.9 Å². The van der Waals surface area contributed by atoms with E-state index in [1.807, 2.05) is 0 Å². The van der Waals surface area contributed by atoms with Gasteiger partial charge < -0.3 is 20.0 Å². The molecule has 0 radical (unpaired) electrons. The van der Waals surface area contributed by atoms with Crippen LogP contribution in [0, 0.1) is 0 Å². The van der Waals surface area contributed by atoms with Crippen LogP contribution < -0.4 is 0 Å². The second-order valence-corrected chi connectivity index (χ2v) is 13.3. The van der Waals surface area contributed by atoms with E-state index in [4.69, 9.17) is 10.2 Å². The van der Waals surface area contributed by atoms with E-state index in [2.05, 4.69) is 13.8 Å². The second kappa shape index (κ2) is 32.8. The zero-order valence-corrected chi connectivity index (χ0v) is 30.0. The van der Waals surface area contributed by atoms with Gasteiger partial charge in [-0.3, -0.25) is 19.2 Å². The predicted octanol–water partition coefficient (Wildman–Crippen LogP) is 9.78. The maximum atomic E-state index is 12.9. The Kier molecular flexibility index (Phi) is 31.3. The van der Waals surface area contributed by atoms with E-state index in [0.29, 0.717) is 26.2 Å². The average Bonchev–Trinajstić information content (AvgIpc) is 3.03. The molecule has 0 fully saturated rings. The molecule has 2 amide bonds. The molecule has 0 aliphatic carbocycles. The topological polar surface area (TPSA) is 115 Å². The van der Waals surface area contributed by atoms with Gasteiger partial charge in [-0.1, -0.05) is 155 Å². The molecule has 0 bridgehead atoms. The first-order chi connectivity index (χ1) is 22.3. The van der Waals surface area contributed by atoms with Gasteiger partial charge in [0.25, 0.3) is 0 Å². The van der Waals surface area contributed by atoms with Gasteiger partial charge in [0.15, 0.2) is 0 Å². The summed E-state index contributed by atoms with van der Waals surface area (Å²) in [7, 11) is 0. The van der Waals surface area contributed by atoms with Gasteiger partial charge in [0, 0.05) is 39.0 Å². The number of carbonyl (C=O) groups is 4. The van der Waals surface area contributed by atoms with Gasteiger partial charge >= 0.3 is 11.9 Å². The fourth-order valence-corrected chi connectivity index (χ4v) is 6.00. The molecule has 0 aliphatic rings. The van der Waals surface area contributed by atoms with E-state index >= 15 is 0 Å². The van der Waals surface area contributed by atoms with Crippen molar-refractivity contribution in [2.75, 3.05) is 26.2 Å². The number of hydrogen-bond donors (Lipinski definition) is 2. The van der Waals surface area contributed by atoms with Crippen LogP contribution in [0.3, 0.4) is 0 Å². The van der Waals surface area contributed by atoms with Crippen molar-refractivity contribution >= 4 is 23.8 Å². The lowest BCUT2D eigenvalue weighted by Gasteiger charge is -2.28. The third-order valence-corrected chi connectivity index (χ3v) is 9.01. The number of nitrogens with zero attached hydrogens (tertiary/aromatic N) is 2. The third kappa shape index (κ3) is 29.3. The van der Waals surface area contributed by atoms with Crippen molar-refractivity contribution in [3.63, 3.8) is 0 Å². The highest BCUT2D eigenvalue weighted by Crippen LogP contribution is 2.14. The summed E-state index contributed by atoms with van der Waals surface area (Å²) in [5.74, 6) is -2.35. The molecular weight excluding hydrogens is 580 g/mol. The lowest BCUT2D eigenvalue weighted by Crippen LogP contribution is -2.42. The molecule has 46 heavy (non-hydrogen) atoms. The summed E-state index contributed by atoms with van der Waals surface area (Å²) >= 11 is 0. The Hall–Kier alpha value is -2.12. The van der Waals surface area contributed by atoms with Crippen molar-refractivity contribution < 1.29 is 29.4 Å². The van der Waals surface area contributed by atoms with E-state index in [-0.39, 0.29) is 37.5 Å². The van der Waals surface area contributed by atoms with E-state index in [1.165, 1.54) is 116 Å². The van der Waals surface area contributed by atoms with Crippen LogP contribution in [0.2, 0.25) is 0 Å². The molecule has 0 aromatic carbocycles. The van der Waals surface area contributed by atoms with Crippen molar-refractivity contribution in [3.05, 3.63) is 0 Å². The zero-order valence-electron chi connectivity index (χ0n) is 30.0. The molecule has 0 saturated carbocycles. The number of carboxylic acid groups (broad SMARTS) is 2. The van der Waals surface area contributed by atoms with E-state index < -0.39 is 11.9 Å². The summed E-state index contributed by atoms with van der Waals surface area (Å²) in [5.41, 5.74) is 0. The van der Waals surface area contributed by atoms with Gasteiger partial charge in [-0.05, 0) is 12.8 Å². The maximum Gasteiger partial charge on any atom is 0.303 e. The highest BCUT2D eigenvalue weighted by atomic mass is 16.4. The molecule has 0 atom stereocenters. The number of unbranched alkanes of at least 4 members (excludes halogenated alkanes) is 22. The summed E-state index contributed by atoms with van der Waals surface area (Å²) in [6, 6.07) is 0. The van der Waals surface area contributed by atoms with Crippen molar-refractivity contribution in [3.8, 4) is 0 Å². The Bertz CT molecular complexity index is 697. The van der Waals surface area contributed by atoms with E-state index in [0.717, 1.165) is 38.5 Å². The Labute approximate surface area is 282 Å². The number of rotatable bonds is 35. The second-order valence-electron chi connectivity index (χ2n) is 13.3. The fourth-order valence-electron chi connectivity index (χ4n) is 6.00. The summed E-state index contributed by atoms with van der Waals surface area (Å²) in [5, 5.41) is 18.2. The number of carboxylic acids is 2. The molecule has 0 rings (SSSR count). The quantitative estimate of drug-likeness (QED) is 0.0659. The standard InChI is InChI=1S/C38H72N2O6/c1-3-5-7-9-11-13-15-17-19-21-23-25-31-39(35(41)27-29-37(43)44)33-34-40(36(42)28-30-38(45)46)32-26-24-22-20-18-16-14-12-10-8-6-4-2/h3-34H2,1-2H3,(H,43,44)(H,45,46). The van der Waals surface area contributed by atoms with Gasteiger partial charge in [-0.15, -0.1) is 0 Å². The minimum absolute atomic E-state index is 0.0424. The summed E-state index contributed by atoms with van der Waals surface area (Å²) in [6.45, 7) is 6.32. The molecule has 0 unspecified atom stereocenters. The largest absolute Gasteiger partial charge is 0.481 e. The molecule has 8 nitrogen and oxygen atoms in total. The highest BCUT2D eigenvalue weighted by Gasteiger charge is 2.19. The minimum Gasteiger partial charge on any atom is -0.481 e. The van der Waals surface area contributed by atoms with Crippen LogP contribution in [-0.2, 0) is 19.2 Å². The summed E-state index contributed by atoms with van der Waals surface area (Å²) in [4.78, 5) is 51.5. The third-order valence-electron chi connectivity index (χ3n) is 9.01. The average molecular weight is 653 g/mol. The molecular formula is C38H72N2O6. The number of amides is 2. The van der Waals surface area contributed by atoms with E-state index in [9.17, 15) is 19.2 Å². The molecule has 0 aromatic rings. The van der Waals surface area contributed by atoms with Crippen LogP contribution in [0.15, 0.2) is 0 Å². The van der Waals surface area contributed by atoms with Crippen molar-refractivity contribution in [1.82, 2.24) is 9.80 Å². The van der Waals surface area contributed by atoms with Crippen molar-refractivity contribution in [2.45, 2.75) is 194 Å². The van der Waals surface area contributed by atoms with Crippen LogP contribution in [0.1, 0.15) is 194 Å². The SMILES string of the molecule is CCCCCCCCCCCCCCN(CCN(CCCCCCCCCCCCCC)C(=O)CCC(=O)O)C(=O)CCC(=O)O. The molecule has 0 aliphatic heterocycles. The van der Waals surface area contributed by atoms with Gasteiger partial charge in [0.05, 0.1) is 12.8 Å². The van der Waals surface area contributed by atoms with Crippen LogP contribution in [0.5, 0.6) is 0 Å². The Balaban J connectivity index is 4.63. The summed E-state index contributed by atoms with van der Waals surface area (Å²) < 4.78 is 0. The highest BCUT2D eigenvalue weighted by molar-refractivity contribution is 5.81. The number of aliphatic carboxylic acids is 2. The first-order valence-electron chi connectivity index (χ1n) is 19.3. The van der Waals surface area contributed by atoms with Crippen molar-refractivity contribution in [2.24, 2.45) is 0 Å². The van der Waals surface area contributed by atoms with Gasteiger partial charge in [0.1, 0.15) is 0 Å². The first-order valence-corrected chi connectivity index (χ1v) is 19.3. The molecule has 0 aromatic heterocycles. The first kappa shape index (κ1) is 43.9. The Morgan fingerprint density at radius 3 is 0.826 bits per heavy atom. The lowest BCUT2D eigenvalue weighted by molar-refractivity contribution is -0.142. The lowest BCUT2D eigenvalue weighted by atomic mass is 10.1. The van der Waals surface area contributed by atoms with Gasteiger partial charge in [-0.25, -0.2) is 0 Å². The molecule has 2 N–H and O–H groups in total. The van der Waals surface area contributed by atoms with Crippen molar-refractivity contribution in [1.29, 1.82) is 0 Å². The van der Waals surface area contributed by atoms with Crippen LogP contribution >= 0.6 is 0 Å².